The molecule has 1 amide bonds. The number of nitrogens with zero attached hydrogens (tertiary/aromatic N) is 1. The first-order chi connectivity index (χ1) is 8.30. The van der Waals surface area contributed by atoms with Crippen molar-refractivity contribution in [3.05, 3.63) is 16.1 Å². The van der Waals surface area contributed by atoms with Crippen LogP contribution < -0.4 is 5.32 Å². The first-order valence-electron chi connectivity index (χ1n) is 5.81. The Balaban J connectivity index is 2.84. The summed E-state index contributed by atoms with van der Waals surface area (Å²) in [6, 6.07) is 0. The van der Waals surface area contributed by atoms with E-state index in [1.165, 1.54) is 24.5 Å². The zero-order valence-electron chi connectivity index (χ0n) is 11.0. The zero-order chi connectivity index (χ0) is 13.9. The van der Waals surface area contributed by atoms with Gasteiger partial charge in [0.15, 0.2) is 0 Å². The van der Waals surface area contributed by atoms with E-state index in [1.54, 1.807) is 6.92 Å². The summed E-state index contributed by atoms with van der Waals surface area (Å²) < 4.78 is 0. The van der Waals surface area contributed by atoms with Crippen LogP contribution in [-0.2, 0) is 4.79 Å². The third kappa shape index (κ3) is 3.07. The molecule has 1 heterocycles. The average Bonchev–Trinajstić information content (AvgIpc) is 2.77. The van der Waals surface area contributed by atoms with Crippen molar-refractivity contribution in [3.8, 4) is 0 Å². The fourth-order valence-electron chi connectivity index (χ4n) is 1.26. The molecule has 2 N–H and O–H groups in total. The molecule has 0 aromatic carbocycles. The fourth-order valence-corrected chi connectivity index (χ4v) is 2.08. The Bertz CT molecular complexity index is 456. The van der Waals surface area contributed by atoms with Crippen LogP contribution in [0.5, 0.6) is 0 Å². The zero-order valence-corrected chi connectivity index (χ0v) is 11.8. The normalized spacial score (nSPS) is 14.3. The lowest BCUT2D eigenvalue weighted by Gasteiger charge is -2.23. The minimum absolute atomic E-state index is 0.258. The van der Waals surface area contributed by atoms with Crippen LogP contribution in [0.1, 0.15) is 54.7 Å². The molecular weight excluding hydrogens is 252 g/mol. The first-order valence-corrected chi connectivity index (χ1v) is 6.63. The molecule has 1 atom stereocenters. The third-order valence-electron chi connectivity index (χ3n) is 2.81. The second kappa shape index (κ2) is 5.48. The van der Waals surface area contributed by atoms with Gasteiger partial charge in [0.05, 0.1) is 11.2 Å². The molecule has 0 aliphatic rings. The molecule has 1 aromatic rings. The van der Waals surface area contributed by atoms with Crippen molar-refractivity contribution in [1.82, 2.24) is 10.3 Å². The van der Waals surface area contributed by atoms with Crippen molar-refractivity contribution in [3.63, 3.8) is 0 Å². The van der Waals surface area contributed by atoms with E-state index in [4.69, 9.17) is 5.11 Å². The van der Waals surface area contributed by atoms with Crippen LogP contribution in [0.15, 0.2) is 6.20 Å². The number of hydrogen-bond donors (Lipinski definition) is 2. The van der Waals surface area contributed by atoms with E-state index in [1.807, 2.05) is 13.8 Å². The lowest BCUT2D eigenvalue weighted by atomic mass is 9.99. The van der Waals surface area contributed by atoms with Crippen LogP contribution in [-0.4, -0.2) is 27.5 Å². The molecule has 100 valence electrons. The molecule has 0 bridgehead atoms. The molecule has 1 unspecified atom stereocenters. The summed E-state index contributed by atoms with van der Waals surface area (Å²) in [6.45, 7) is 7.21. The van der Waals surface area contributed by atoms with Crippen LogP contribution in [0.4, 0.5) is 0 Å². The highest BCUT2D eigenvalue weighted by atomic mass is 32.1. The highest BCUT2D eigenvalue weighted by molar-refractivity contribution is 7.13. The van der Waals surface area contributed by atoms with Gasteiger partial charge in [0.25, 0.3) is 5.91 Å². The lowest BCUT2D eigenvalue weighted by Crippen LogP contribution is -2.51. The molecular formula is C12H18N2O3S. The molecule has 1 aromatic heterocycles. The minimum atomic E-state index is -1.24. The van der Waals surface area contributed by atoms with Crippen molar-refractivity contribution in [2.24, 2.45) is 0 Å². The Hall–Kier alpha value is -1.43. The number of carboxylic acid groups (broad SMARTS) is 1. The smallest absolute Gasteiger partial charge is 0.329 e. The van der Waals surface area contributed by atoms with Crippen LogP contribution >= 0.6 is 11.3 Å². The van der Waals surface area contributed by atoms with Gasteiger partial charge in [0.2, 0.25) is 0 Å². The van der Waals surface area contributed by atoms with Crippen LogP contribution in [0.2, 0.25) is 0 Å². The molecule has 18 heavy (non-hydrogen) atoms. The maximum Gasteiger partial charge on any atom is 0.329 e. The Morgan fingerprint density at radius 1 is 1.56 bits per heavy atom. The summed E-state index contributed by atoms with van der Waals surface area (Å²) in [6.07, 6.45) is 1.82. The summed E-state index contributed by atoms with van der Waals surface area (Å²) >= 11 is 1.30. The number of carboxylic acids is 1. The largest absolute Gasteiger partial charge is 0.480 e. The van der Waals surface area contributed by atoms with Gasteiger partial charge in [-0.25, -0.2) is 9.78 Å². The van der Waals surface area contributed by atoms with E-state index >= 15 is 0 Å². The predicted molar refractivity (Wildman–Crippen MR) is 70.0 cm³/mol. The highest BCUT2D eigenvalue weighted by Crippen LogP contribution is 2.21. The monoisotopic (exact) mass is 270 g/mol. The fraction of sp³-hybridized carbons (Fsp3) is 0.583. The Labute approximate surface area is 110 Å². The summed E-state index contributed by atoms with van der Waals surface area (Å²) in [7, 11) is 0. The standard InChI is InChI=1S/C12H18N2O3S/c1-5-12(4,11(16)17)14-9(15)8-6-13-10(18-8)7(2)3/h6-7H,5H2,1-4H3,(H,14,15)(H,16,17). The molecule has 0 aliphatic heterocycles. The van der Waals surface area contributed by atoms with Gasteiger partial charge in [-0.15, -0.1) is 11.3 Å². The van der Waals surface area contributed by atoms with Gasteiger partial charge in [0.1, 0.15) is 10.4 Å². The van der Waals surface area contributed by atoms with E-state index < -0.39 is 11.5 Å². The van der Waals surface area contributed by atoms with Crippen molar-refractivity contribution in [2.45, 2.75) is 45.6 Å². The van der Waals surface area contributed by atoms with Gasteiger partial charge >= 0.3 is 5.97 Å². The lowest BCUT2D eigenvalue weighted by molar-refractivity contribution is -0.143. The van der Waals surface area contributed by atoms with Crippen molar-refractivity contribution < 1.29 is 14.7 Å². The minimum Gasteiger partial charge on any atom is -0.480 e. The van der Waals surface area contributed by atoms with Crippen LogP contribution in [0, 0.1) is 0 Å². The Kier molecular flexibility index (Phi) is 4.45. The number of carbonyl (C=O) groups is 2. The number of hydrogen-bond acceptors (Lipinski definition) is 4. The molecule has 0 saturated heterocycles. The summed E-state index contributed by atoms with van der Waals surface area (Å²) in [4.78, 5) is 27.7. The number of thiazole rings is 1. The van der Waals surface area contributed by atoms with E-state index in [9.17, 15) is 9.59 Å². The summed E-state index contributed by atoms with van der Waals surface area (Å²) in [5.74, 6) is -1.16. The quantitative estimate of drug-likeness (QED) is 0.860. The predicted octanol–water partition coefficient (Wildman–Crippen LogP) is 2.25. The molecule has 0 radical (unpaired) electrons. The van der Waals surface area contributed by atoms with Gasteiger partial charge in [0, 0.05) is 5.92 Å². The van der Waals surface area contributed by atoms with Crippen LogP contribution in [0.25, 0.3) is 0 Å². The molecule has 1 rings (SSSR count). The molecule has 0 saturated carbocycles. The maximum absolute atomic E-state index is 12.0. The molecule has 0 spiro atoms. The third-order valence-corrected chi connectivity index (χ3v) is 4.11. The molecule has 6 heteroatoms. The molecule has 0 aliphatic carbocycles. The summed E-state index contributed by atoms with van der Waals surface area (Å²) in [5.41, 5.74) is -1.24. The van der Waals surface area contributed by atoms with E-state index in [0.717, 1.165) is 5.01 Å². The number of aromatic nitrogens is 1. The van der Waals surface area contributed by atoms with Crippen molar-refractivity contribution in [1.29, 1.82) is 0 Å². The van der Waals surface area contributed by atoms with Crippen molar-refractivity contribution >= 4 is 23.2 Å². The number of nitrogens with one attached hydrogen (secondary N) is 1. The number of carbonyl (C=O) groups excluding carboxylic acids is 1. The van der Waals surface area contributed by atoms with Crippen LogP contribution in [0.3, 0.4) is 0 Å². The Morgan fingerprint density at radius 2 is 2.17 bits per heavy atom. The number of aliphatic carboxylic acids is 1. The van der Waals surface area contributed by atoms with Gasteiger partial charge in [-0.3, -0.25) is 4.79 Å². The van der Waals surface area contributed by atoms with E-state index in [2.05, 4.69) is 10.3 Å². The first kappa shape index (κ1) is 14.6. The second-order valence-corrected chi connectivity index (χ2v) is 5.72. The average molecular weight is 270 g/mol. The van der Waals surface area contributed by atoms with Gasteiger partial charge in [-0.1, -0.05) is 20.8 Å². The number of rotatable bonds is 5. The summed E-state index contributed by atoms with van der Waals surface area (Å²) in [5, 5.41) is 12.5. The van der Waals surface area contributed by atoms with Crippen molar-refractivity contribution in [2.75, 3.05) is 0 Å². The van der Waals surface area contributed by atoms with Gasteiger partial charge in [-0.05, 0) is 13.3 Å². The molecule has 0 fully saturated rings. The topological polar surface area (TPSA) is 79.3 Å². The van der Waals surface area contributed by atoms with E-state index in [-0.39, 0.29) is 11.8 Å². The SMILES string of the molecule is CCC(C)(NC(=O)c1cnc(C(C)C)s1)C(=O)O. The molecule has 5 nitrogen and oxygen atoms in total. The van der Waals surface area contributed by atoms with E-state index in [0.29, 0.717) is 11.3 Å². The van der Waals surface area contributed by atoms with Gasteiger partial charge in [-0.2, -0.15) is 0 Å². The number of amides is 1. The highest BCUT2D eigenvalue weighted by Gasteiger charge is 2.33. The second-order valence-electron chi connectivity index (χ2n) is 4.66. The maximum atomic E-state index is 12.0. The Morgan fingerprint density at radius 3 is 2.56 bits per heavy atom. The van der Waals surface area contributed by atoms with Gasteiger partial charge < -0.3 is 10.4 Å².